The van der Waals surface area contributed by atoms with Crippen LogP contribution >= 0.6 is 0 Å². The molecule has 1 saturated carbocycles. The van der Waals surface area contributed by atoms with Gasteiger partial charge >= 0.3 is 0 Å². The van der Waals surface area contributed by atoms with E-state index in [-0.39, 0.29) is 6.10 Å². The van der Waals surface area contributed by atoms with Crippen molar-refractivity contribution in [1.82, 2.24) is 0 Å². The van der Waals surface area contributed by atoms with E-state index in [1.54, 1.807) is 0 Å². The fourth-order valence-corrected chi connectivity index (χ4v) is 1.44. The third-order valence-electron chi connectivity index (χ3n) is 2.12. The monoisotopic (exact) mass is 140 g/mol. The first kappa shape index (κ1) is 8.06. The van der Waals surface area contributed by atoms with Crippen molar-refractivity contribution in [2.24, 2.45) is 0 Å². The van der Waals surface area contributed by atoms with Gasteiger partial charge in [0.25, 0.3) is 0 Å². The summed E-state index contributed by atoms with van der Waals surface area (Å²) in [7, 11) is 0. The average molecular weight is 140 g/mol. The average Bonchev–Trinajstić information content (AvgIpc) is 2.02. The Morgan fingerprint density at radius 1 is 1.00 bits per heavy atom. The van der Waals surface area contributed by atoms with E-state index in [1.165, 1.54) is 25.7 Å². The topological polar surface area (TPSA) is 19.9 Å². The Morgan fingerprint density at radius 3 is 2.60 bits per heavy atom. The van der Waals surface area contributed by atoms with Crippen molar-refractivity contribution in [2.45, 2.75) is 51.0 Å². The van der Waals surface area contributed by atoms with E-state index in [4.69, 9.17) is 0 Å². The van der Waals surface area contributed by atoms with Gasteiger partial charge in [-0.1, -0.05) is 32.1 Å². The van der Waals surface area contributed by atoms with Gasteiger partial charge in [0.2, 0.25) is 0 Å². The molecule has 0 aromatic carbocycles. The molecule has 10 heavy (non-hydrogen) atoms. The third kappa shape index (κ3) is 3.21. The van der Waals surface area contributed by atoms with Gasteiger partial charge in [0.15, 0.2) is 0 Å². The molecule has 1 unspecified atom stereocenters. The van der Waals surface area contributed by atoms with Gasteiger partial charge in [0.05, 0.1) is 6.10 Å². The number of rotatable bonds is 0. The van der Waals surface area contributed by atoms with Crippen molar-refractivity contribution >= 4 is 0 Å². The molecule has 0 amide bonds. The molecule has 1 aliphatic rings. The summed E-state index contributed by atoms with van der Waals surface area (Å²) in [5.41, 5.74) is 0. The Hall–Kier alpha value is -0.0400. The molecule has 0 aliphatic heterocycles. The summed E-state index contributed by atoms with van der Waals surface area (Å²) < 4.78 is 0. The van der Waals surface area contributed by atoms with Crippen molar-refractivity contribution in [3.63, 3.8) is 0 Å². The SMILES string of the molecule is [O]C1[CH]CCCCCCC1. The van der Waals surface area contributed by atoms with Gasteiger partial charge < -0.3 is 0 Å². The van der Waals surface area contributed by atoms with Gasteiger partial charge in [-0.3, -0.25) is 0 Å². The first-order valence-electron chi connectivity index (χ1n) is 4.39. The van der Waals surface area contributed by atoms with Crippen LogP contribution in [-0.4, -0.2) is 6.10 Å². The van der Waals surface area contributed by atoms with Crippen molar-refractivity contribution in [1.29, 1.82) is 0 Å². The zero-order valence-electron chi connectivity index (χ0n) is 6.51. The van der Waals surface area contributed by atoms with Gasteiger partial charge in [-0.15, -0.1) is 0 Å². The summed E-state index contributed by atoms with van der Waals surface area (Å²) in [4.78, 5) is 0. The van der Waals surface area contributed by atoms with E-state index in [0.717, 1.165) is 19.3 Å². The molecular weight excluding hydrogens is 124 g/mol. The van der Waals surface area contributed by atoms with Gasteiger partial charge in [-0.2, -0.15) is 0 Å². The minimum absolute atomic E-state index is 0.363. The van der Waals surface area contributed by atoms with Crippen molar-refractivity contribution in [2.75, 3.05) is 0 Å². The standard InChI is InChI=1S/C9H16O/c10-9-7-5-3-1-2-4-6-8-9/h7,9H,1-6,8H2. The maximum Gasteiger partial charge on any atom is 0.0961 e. The van der Waals surface area contributed by atoms with Gasteiger partial charge in [-0.05, 0) is 19.3 Å². The van der Waals surface area contributed by atoms with Crippen LogP contribution in [0.3, 0.4) is 0 Å². The third-order valence-corrected chi connectivity index (χ3v) is 2.12. The molecule has 58 valence electrons. The Labute approximate surface area is 63.4 Å². The van der Waals surface area contributed by atoms with Gasteiger partial charge in [0, 0.05) is 0 Å². The second-order valence-electron chi connectivity index (χ2n) is 3.12. The molecule has 0 aromatic heterocycles. The highest BCUT2D eigenvalue weighted by Crippen LogP contribution is 2.15. The molecule has 0 N–H and O–H groups in total. The lowest BCUT2D eigenvalue weighted by Gasteiger charge is -2.02. The Morgan fingerprint density at radius 2 is 1.70 bits per heavy atom. The Kier molecular flexibility index (Phi) is 3.81. The van der Waals surface area contributed by atoms with Crippen LogP contribution in [0.4, 0.5) is 0 Å². The van der Waals surface area contributed by atoms with Crippen LogP contribution in [0.2, 0.25) is 0 Å². The van der Waals surface area contributed by atoms with Crippen LogP contribution in [0.15, 0.2) is 0 Å². The quantitative estimate of drug-likeness (QED) is 0.493. The summed E-state index contributed by atoms with van der Waals surface area (Å²) >= 11 is 0. The molecule has 0 aromatic rings. The fourth-order valence-electron chi connectivity index (χ4n) is 1.44. The largest absolute Gasteiger partial charge is 0.233 e. The molecular formula is C9H16O. The van der Waals surface area contributed by atoms with Gasteiger partial charge in [-0.25, -0.2) is 5.11 Å². The van der Waals surface area contributed by atoms with Crippen LogP contribution < -0.4 is 0 Å². The lowest BCUT2D eigenvalue weighted by atomic mass is 10.1. The molecule has 1 fully saturated rings. The molecule has 0 heterocycles. The lowest BCUT2D eigenvalue weighted by Crippen LogP contribution is -2.03. The van der Waals surface area contributed by atoms with E-state index < -0.39 is 0 Å². The number of hydrogen-bond acceptors (Lipinski definition) is 0. The molecule has 0 bridgehead atoms. The summed E-state index contributed by atoms with van der Waals surface area (Å²) in [6.07, 6.45) is 9.82. The minimum atomic E-state index is -0.363. The van der Waals surface area contributed by atoms with Gasteiger partial charge in [0.1, 0.15) is 0 Å². The van der Waals surface area contributed by atoms with Crippen LogP contribution in [0, 0.1) is 6.42 Å². The highest BCUT2D eigenvalue weighted by Gasteiger charge is 2.07. The minimum Gasteiger partial charge on any atom is -0.233 e. The first-order valence-corrected chi connectivity index (χ1v) is 4.39. The summed E-state index contributed by atoms with van der Waals surface area (Å²) in [6.45, 7) is 0. The molecule has 1 heteroatoms. The maximum absolute atomic E-state index is 11.0. The predicted octanol–water partition coefficient (Wildman–Crippen LogP) is 2.73. The molecule has 1 nitrogen and oxygen atoms in total. The highest BCUT2D eigenvalue weighted by molar-refractivity contribution is 4.75. The second kappa shape index (κ2) is 4.73. The zero-order chi connectivity index (χ0) is 7.23. The summed E-state index contributed by atoms with van der Waals surface area (Å²) in [6, 6.07) is 0. The van der Waals surface area contributed by atoms with Crippen LogP contribution in [0.25, 0.3) is 0 Å². The molecule has 0 spiro atoms. The van der Waals surface area contributed by atoms with E-state index in [2.05, 4.69) is 0 Å². The van der Waals surface area contributed by atoms with E-state index in [0.29, 0.717) is 0 Å². The molecule has 1 atom stereocenters. The van der Waals surface area contributed by atoms with E-state index in [1.807, 2.05) is 6.42 Å². The summed E-state index contributed by atoms with van der Waals surface area (Å²) in [5, 5.41) is 11.0. The number of hydrogen-bond donors (Lipinski definition) is 0. The predicted molar refractivity (Wildman–Crippen MR) is 41.1 cm³/mol. The highest BCUT2D eigenvalue weighted by atomic mass is 16.3. The molecule has 0 saturated heterocycles. The maximum atomic E-state index is 11.0. The lowest BCUT2D eigenvalue weighted by molar-refractivity contribution is 0.104. The molecule has 2 radical (unpaired) electrons. The molecule has 1 aliphatic carbocycles. The first-order chi connectivity index (χ1) is 4.89. The second-order valence-corrected chi connectivity index (χ2v) is 3.12. The zero-order valence-corrected chi connectivity index (χ0v) is 6.51. The van der Waals surface area contributed by atoms with E-state index in [9.17, 15) is 5.11 Å². The van der Waals surface area contributed by atoms with Crippen LogP contribution in [-0.2, 0) is 5.11 Å². The van der Waals surface area contributed by atoms with Crippen LogP contribution in [0.1, 0.15) is 44.9 Å². The van der Waals surface area contributed by atoms with Crippen molar-refractivity contribution in [3.8, 4) is 0 Å². The smallest absolute Gasteiger partial charge is 0.0961 e. The Balaban J connectivity index is 2.15. The van der Waals surface area contributed by atoms with E-state index >= 15 is 0 Å². The fraction of sp³-hybridized carbons (Fsp3) is 0.889. The van der Waals surface area contributed by atoms with Crippen molar-refractivity contribution in [3.05, 3.63) is 6.42 Å². The Bertz CT molecular complexity index is 70.8. The van der Waals surface area contributed by atoms with Crippen molar-refractivity contribution < 1.29 is 5.11 Å². The molecule has 1 rings (SSSR count). The van der Waals surface area contributed by atoms with Crippen LogP contribution in [0.5, 0.6) is 0 Å². The summed E-state index contributed by atoms with van der Waals surface area (Å²) in [5.74, 6) is 0. The normalized spacial score (nSPS) is 24.9.